The quantitative estimate of drug-likeness (QED) is 0.417. The Hall–Kier alpha value is -0.823. The number of rotatable bonds is 3. The van der Waals surface area contributed by atoms with Crippen LogP contribution in [0.5, 0.6) is 0 Å². The van der Waals surface area contributed by atoms with Crippen LogP contribution < -0.4 is 0 Å². The van der Waals surface area contributed by atoms with Crippen LogP contribution in [0.25, 0.3) is 4.85 Å². The van der Waals surface area contributed by atoms with Gasteiger partial charge >= 0.3 is 5.91 Å². The van der Waals surface area contributed by atoms with Gasteiger partial charge < -0.3 is 9.74 Å². The van der Waals surface area contributed by atoms with E-state index in [1.807, 2.05) is 6.55 Å². The molecule has 0 aliphatic heterocycles. The average molecular weight is 154 g/mol. The first-order chi connectivity index (χ1) is 4.72. The molecule has 54 valence electrons. The zero-order chi connectivity index (χ0) is 7.98. The third-order valence-electron chi connectivity index (χ3n) is 1.04. The molecule has 0 rings (SSSR count). The van der Waals surface area contributed by atoms with Gasteiger partial charge in [0.2, 0.25) is 0 Å². The molecule has 0 aromatic carbocycles. The van der Waals surface area contributed by atoms with E-state index in [1.165, 1.54) is 0 Å². The van der Waals surface area contributed by atoms with Gasteiger partial charge in [-0.2, -0.15) is 0 Å². The lowest BCUT2D eigenvalue weighted by molar-refractivity contribution is -0.126. The Morgan fingerprint density at radius 1 is 1.80 bits per heavy atom. The van der Waals surface area contributed by atoms with Gasteiger partial charge in [0.05, 0.1) is 9.52 Å². The molecule has 4 heteroatoms. The maximum Gasteiger partial charge on any atom is 0.302 e. The van der Waals surface area contributed by atoms with Gasteiger partial charge in [0, 0.05) is 13.2 Å². The molecule has 0 spiro atoms. The van der Waals surface area contributed by atoms with Crippen molar-refractivity contribution in [3.8, 4) is 0 Å². The van der Waals surface area contributed by atoms with Gasteiger partial charge in [-0.1, -0.05) is 6.55 Å². The highest BCUT2D eigenvalue weighted by Crippen LogP contribution is 1.83. The van der Waals surface area contributed by atoms with E-state index in [0.29, 0.717) is 0 Å². The predicted molar refractivity (Wildman–Crippen MR) is 40.7 cm³/mol. The Morgan fingerprint density at radius 2 is 2.40 bits per heavy atom. The van der Waals surface area contributed by atoms with Crippen LogP contribution in [0.1, 0.15) is 0 Å². The topological polar surface area (TPSA) is 24.7 Å². The molecule has 2 radical (unpaired) electrons. The van der Waals surface area contributed by atoms with Crippen molar-refractivity contribution in [2.24, 2.45) is 0 Å². The zero-order valence-electron chi connectivity index (χ0n) is 6.22. The van der Waals surface area contributed by atoms with Crippen LogP contribution in [0.4, 0.5) is 0 Å². The summed E-state index contributed by atoms with van der Waals surface area (Å²) in [5.74, 6) is -0.0793. The highest BCUT2D eigenvalue weighted by Gasteiger charge is 2.08. The number of nitrogens with zero attached hydrogens (tertiary/aromatic N) is 2. The first-order valence-corrected chi connectivity index (χ1v) is 4.65. The fourth-order valence-corrected chi connectivity index (χ4v) is 1.16. The van der Waals surface area contributed by atoms with Crippen molar-refractivity contribution < 1.29 is 4.79 Å². The lowest BCUT2D eigenvalue weighted by atomic mass is 10.6. The lowest BCUT2D eigenvalue weighted by Crippen LogP contribution is -2.31. The number of hydrogen-bond donors (Lipinski definition) is 0. The minimum atomic E-state index is -0.0793. The van der Waals surface area contributed by atoms with Crippen LogP contribution in [0, 0.1) is 6.57 Å². The maximum absolute atomic E-state index is 10.8. The summed E-state index contributed by atoms with van der Waals surface area (Å²) in [5, 5.41) is 0. The number of carbonyl (C=O) groups excluding carboxylic acids is 1. The third kappa shape index (κ3) is 3.25. The van der Waals surface area contributed by atoms with Crippen molar-refractivity contribution in [3.05, 3.63) is 11.4 Å². The second-order valence-electron chi connectivity index (χ2n) is 1.92. The van der Waals surface area contributed by atoms with Crippen molar-refractivity contribution in [2.45, 2.75) is 6.55 Å². The Bertz CT molecular complexity index is 152. The highest BCUT2D eigenvalue weighted by molar-refractivity contribution is 6.34. The van der Waals surface area contributed by atoms with Gasteiger partial charge in [0.25, 0.3) is 6.54 Å². The lowest BCUT2D eigenvalue weighted by Gasteiger charge is -2.11. The zero-order valence-corrected chi connectivity index (χ0v) is 7.22. The number of likely N-dealkylation sites (N-methyl/N-ethyl adjacent to an activating group) is 1. The van der Waals surface area contributed by atoms with Crippen molar-refractivity contribution in [1.82, 2.24) is 4.90 Å². The van der Waals surface area contributed by atoms with Crippen molar-refractivity contribution in [3.63, 3.8) is 0 Å². The SMILES string of the molecule is [C-]#[N+]CC(=O)N(C)C[Si]C. The van der Waals surface area contributed by atoms with Gasteiger partial charge in [-0.25, -0.2) is 6.57 Å². The van der Waals surface area contributed by atoms with E-state index in [1.54, 1.807) is 11.9 Å². The molecule has 3 nitrogen and oxygen atoms in total. The fraction of sp³-hybridized carbons (Fsp3) is 0.667. The number of amides is 1. The molecule has 0 aromatic rings. The molecular weight excluding hydrogens is 144 g/mol. The molecule has 0 aliphatic rings. The van der Waals surface area contributed by atoms with Gasteiger partial charge in [-0.05, 0) is 0 Å². The summed E-state index contributed by atoms with van der Waals surface area (Å²) in [6.07, 6.45) is 0.772. The molecular formula is C6H10N2OSi. The van der Waals surface area contributed by atoms with Crippen molar-refractivity contribution in [1.29, 1.82) is 0 Å². The van der Waals surface area contributed by atoms with E-state index in [9.17, 15) is 4.79 Å². The van der Waals surface area contributed by atoms with E-state index in [-0.39, 0.29) is 12.5 Å². The Morgan fingerprint density at radius 3 is 2.80 bits per heavy atom. The average Bonchev–Trinajstić information content (AvgIpc) is 1.89. The molecule has 0 aliphatic carbocycles. The van der Waals surface area contributed by atoms with Crippen LogP contribution >= 0.6 is 0 Å². The van der Waals surface area contributed by atoms with Crippen LogP contribution in [0.15, 0.2) is 0 Å². The van der Waals surface area contributed by atoms with Gasteiger partial charge in [-0.15, -0.1) is 0 Å². The molecule has 0 N–H and O–H groups in total. The molecule has 0 bridgehead atoms. The van der Waals surface area contributed by atoms with E-state index in [0.717, 1.165) is 15.7 Å². The summed E-state index contributed by atoms with van der Waals surface area (Å²) < 4.78 is 0. The molecule has 0 saturated carbocycles. The van der Waals surface area contributed by atoms with Crippen LogP contribution in [-0.4, -0.2) is 40.1 Å². The third-order valence-corrected chi connectivity index (χ3v) is 1.83. The summed E-state index contributed by atoms with van der Waals surface area (Å²) in [4.78, 5) is 15.4. The second kappa shape index (κ2) is 5.00. The standard InChI is InChI=1S/C6H10N2OSi/c1-7-4-6(9)8(2)5-10-3/h4-5H2,2-3H3. The molecule has 0 saturated heterocycles. The summed E-state index contributed by atoms with van der Waals surface area (Å²) in [6, 6.07) is 0. The molecule has 0 heterocycles. The molecule has 0 unspecified atom stereocenters. The molecule has 0 fully saturated rings. The summed E-state index contributed by atoms with van der Waals surface area (Å²) in [5.41, 5.74) is 0. The Kier molecular flexibility index (Phi) is 4.59. The minimum Gasteiger partial charge on any atom is -0.343 e. The van der Waals surface area contributed by atoms with E-state index in [4.69, 9.17) is 6.57 Å². The molecule has 0 aromatic heterocycles. The van der Waals surface area contributed by atoms with Gasteiger partial charge in [0.15, 0.2) is 0 Å². The van der Waals surface area contributed by atoms with Crippen molar-refractivity contribution >= 4 is 15.4 Å². The van der Waals surface area contributed by atoms with Gasteiger partial charge in [0.1, 0.15) is 0 Å². The van der Waals surface area contributed by atoms with Gasteiger partial charge in [-0.3, -0.25) is 4.79 Å². The largest absolute Gasteiger partial charge is 0.343 e. The van der Waals surface area contributed by atoms with Crippen LogP contribution in [0.2, 0.25) is 6.55 Å². The fourth-order valence-electron chi connectivity index (χ4n) is 0.514. The highest BCUT2D eigenvalue weighted by atomic mass is 28.2. The summed E-state index contributed by atoms with van der Waals surface area (Å²) >= 11 is 0. The predicted octanol–water partition coefficient (Wildman–Crippen LogP) is 0.0739. The maximum atomic E-state index is 10.8. The molecule has 0 atom stereocenters. The van der Waals surface area contributed by atoms with E-state index < -0.39 is 0 Å². The van der Waals surface area contributed by atoms with E-state index in [2.05, 4.69) is 4.85 Å². The van der Waals surface area contributed by atoms with Crippen LogP contribution in [0.3, 0.4) is 0 Å². The normalized spacial score (nSPS) is 8.50. The summed E-state index contributed by atoms with van der Waals surface area (Å²) in [7, 11) is 2.46. The minimum absolute atomic E-state index is 0.0129. The van der Waals surface area contributed by atoms with Crippen LogP contribution in [-0.2, 0) is 4.79 Å². The Balaban J connectivity index is 3.62. The Labute approximate surface area is 63.7 Å². The smallest absolute Gasteiger partial charge is 0.302 e. The molecule has 1 amide bonds. The van der Waals surface area contributed by atoms with E-state index >= 15 is 0 Å². The number of hydrogen-bond acceptors (Lipinski definition) is 1. The monoisotopic (exact) mass is 154 g/mol. The first kappa shape index (κ1) is 9.18. The van der Waals surface area contributed by atoms with Crippen molar-refractivity contribution in [2.75, 3.05) is 19.8 Å². The first-order valence-electron chi connectivity index (χ1n) is 2.94. The summed E-state index contributed by atoms with van der Waals surface area (Å²) in [6.45, 7) is 8.45. The molecule has 10 heavy (non-hydrogen) atoms. The second-order valence-corrected chi connectivity index (χ2v) is 2.94. The number of carbonyl (C=O) groups is 1.